The second kappa shape index (κ2) is 9.68. The number of nitrogens with two attached hydrogens (primary N) is 1. The number of carbonyl (C=O) groups excluding carboxylic acids is 1. The molecule has 9 heteroatoms. The molecule has 148 valence electrons. The Labute approximate surface area is 171 Å². The number of rotatable bonds is 6. The summed E-state index contributed by atoms with van der Waals surface area (Å²) in [5.41, 5.74) is 8.08. The van der Waals surface area contributed by atoms with E-state index in [9.17, 15) is 13.6 Å². The summed E-state index contributed by atoms with van der Waals surface area (Å²) in [6.45, 7) is 1.89. The molecule has 0 spiro atoms. The topological polar surface area (TPSA) is 80.9 Å². The number of hydrogen-bond acceptors (Lipinski definition) is 5. The van der Waals surface area contributed by atoms with Gasteiger partial charge in [-0.1, -0.05) is 35.6 Å². The Morgan fingerprint density at radius 1 is 1.11 bits per heavy atom. The number of hydrogen-bond donors (Lipinski definition) is 2. The zero-order valence-electron chi connectivity index (χ0n) is 15.0. The maximum absolute atomic E-state index is 13.5. The van der Waals surface area contributed by atoms with Crippen LogP contribution in [0.2, 0.25) is 0 Å². The van der Waals surface area contributed by atoms with E-state index < -0.39 is 11.6 Å². The van der Waals surface area contributed by atoms with Gasteiger partial charge in [0.1, 0.15) is 10.0 Å². The highest BCUT2D eigenvalue weighted by molar-refractivity contribution is 7.14. The first-order valence-electron chi connectivity index (χ1n) is 8.30. The van der Waals surface area contributed by atoms with Crippen LogP contribution in [-0.4, -0.2) is 16.1 Å². The molecule has 5 nitrogen and oxygen atoms in total. The quantitative estimate of drug-likeness (QED) is 0.631. The predicted octanol–water partition coefficient (Wildman–Crippen LogP) is 3.78. The van der Waals surface area contributed by atoms with Crippen LogP contribution in [0.5, 0.6) is 0 Å². The van der Waals surface area contributed by atoms with Crippen LogP contribution in [0.1, 0.15) is 29.1 Å². The van der Waals surface area contributed by atoms with Gasteiger partial charge in [-0.3, -0.25) is 4.79 Å². The van der Waals surface area contributed by atoms with Gasteiger partial charge in [0.05, 0.1) is 6.04 Å². The molecule has 1 atom stereocenters. The summed E-state index contributed by atoms with van der Waals surface area (Å²) in [5.74, 6) is -2.05. The fraction of sp³-hybridized carbons (Fsp3) is 0.211. The molecule has 1 unspecified atom stereocenters. The molecule has 2 aromatic carbocycles. The Hall–Kier alpha value is -2.42. The summed E-state index contributed by atoms with van der Waals surface area (Å²) in [6.07, 6.45) is 0.525. The maximum Gasteiger partial charge on any atom is 0.217 e. The maximum atomic E-state index is 13.5. The lowest BCUT2D eigenvalue weighted by Crippen LogP contribution is -2.27. The van der Waals surface area contributed by atoms with Gasteiger partial charge in [0, 0.05) is 19.0 Å². The van der Waals surface area contributed by atoms with Gasteiger partial charge in [-0.05, 0) is 35.7 Å². The van der Waals surface area contributed by atoms with Crippen LogP contribution in [0.4, 0.5) is 8.78 Å². The van der Waals surface area contributed by atoms with Gasteiger partial charge in [-0.15, -0.1) is 22.6 Å². The SMILES string of the molecule is CC(=O)NC(Cc1ccc(CN)cc1)c1nnc(-c2ccc(F)c(F)c2)s1.Cl. The first-order chi connectivity index (χ1) is 13.0. The molecule has 1 aromatic heterocycles. The highest BCUT2D eigenvalue weighted by Gasteiger charge is 2.19. The molecular formula is C19H19ClF2N4OS. The van der Waals surface area contributed by atoms with Crippen LogP contribution < -0.4 is 11.1 Å². The largest absolute Gasteiger partial charge is 0.347 e. The highest BCUT2D eigenvalue weighted by Crippen LogP contribution is 2.29. The van der Waals surface area contributed by atoms with Gasteiger partial charge in [-0.25, -0.2) is 8.78 Å². The molecule has 28 heavy (non-hydrogen) atoms. The summed E-state index contributed by atoms with van der Waals surface area (Å²) in [5, 5.41) is 12.1. The van der Waals surface area contributed by atoms with Crippen LogP contribution >= 0.6 is 23.7 Å². The lowest BCUT2D eigenvalue weighted by Gasteiger charge is -2.15. The van der Waals surface area contributed by atoms with E-state index in [-0.39, 0.29) is 24.4 Å². The van der Waals surface area contributed by atoms with Crippen LogP contribution in [0.15, 0.2) is 42.5 Å². The summed E-state index contributed by atoms with van der Waals surface area (Å²) < 4.78 is 26.6. The standard InChI is InChI=1S/C19H18F2N4OS.ClH/c1-11(26)23-17(8-12-2-4-13(10-22)5-3-12)19-25-24-18(27-19)14-6-7-15(20)16(21)9-14;/h2-7,9,17H,8,10,22H2,1H3,(H,23,26);1H. The first kappa shape index (κ1) is 21.9. The average Bonchev–Trinajstić information content (AvgIpc) is 3.14. The van der Waals surface area contributed by atoms with E-state index in [1.54, 1.807) is 0 Å². The number of halogens is 3. The van der Waals surface area contributed by atoms with Crippen LogP contribution in [0.25, 0.3) is 10.6 Å². The smallest absolute Gasteiger partial charge is 0.217 e. The minimum absolute atomic E-state index is 0. The lowest BCUT2D eigenvalue weighted by atomic mass is 10.0. The van der Waals surface area contributed by atoms with Gasteiger partial charge in [0.15, 0.2) is 11.6 Å². The Kier molecular flexibility index (Phi) is 7.56. The third kappa shape index (κ3) is 5.31. The molecule has 0 saturated carbocycles. The normalized spacial score (nSPS) is 11.6. The summed E-state index contributed by atoms with van der Waals surface area (Å²) in [6, 6.07) is 11.0. The number of nitrogens with zero attached hydrogens (tertiary/aromatic N) is 2. The molecule has 0 fully saturated rings. The van der Waals surface area contributed by atoms with E-state index in [1.807, 2.05) is 24.3 Å². The Morgan fingerprint density at radius 3 is 2.39 bits per heavy atom. The first-order valence-corrected chi connectivity index (χ1v) is 9.11. The second-order valence-electron chi connectivity index (χ2n) is 6.05. The number of nitrogens with one attached hydrogen (secondary N) is 1. The Bertz CT molecular complexity index is 949. The average molecular weight is 425 g/mol. The third-order valence-electron chi connectivity index (χ3n) is 3.98. The van der Waals surface area contributed by atoms with E-state index in [1.165, 1.54) is 24.3 Å². The minimum atomic E-state index is -0.942. The summed E-state index contributed by atoms with van der Waals surface area (Å²) in [4.78, 5) is 11.6. The van der Waals surface area contributed by atoms with E-state index in [4.69, 9.17) is 5.73 Å². The Balaban J connectivity index is 0.00000280. The summed E-state index contributed by atoms with van der Waals surface area (Å²) in [7, 11) is 0. The van der Waals surface area contributed by atoms with Gasteiger partial charge in [-0.2, -0.15) is 0 Å². The van der Waals surface area contributed by atoms with Crippen molar-refractivity contribution in [1.29, 1.82) is 0 Å². The number of aromatic nitrogens is 2. The van der Waals surface area contributed by atoms with Crippen LogP contribution in [-0.2, 0) is 17.8 Å². The molecule has 0 aliphatic rings. The molecule has 0 radical (unpaired) electrons. The fourth-order valence-electron chi connectivity index (χ4n) is 2.61. The molecule has 1 amide bonds. The molecule has 0 aliphatic heterocycles. The van der Waals surface area contributed by atoms with Crippen molar-refractivity contribution in [3.05, 3.63) is 70.2 Å². The Morgan fingerprint density at radius 2 is 1.79 bits per heavy atom. The van der Waals surface area contributed by atoms with Gasteiger partial charge in [0.2, 0.25) is 5.91 Å². The van der Waals surface area contributed by atoms with Crippen molar-refractivity contribution in [1.82, 2.24) is 15.5 Å². The zero-order chi connectivity index (χ0) is 19.4. The number of benzene rings is 2. The van der Waals surface area contributed by atoms with Crippen molar-refractivity contribution in [3.63, 3.8) is 0 Å². The van der Waals surface area contributed by atoms with E-state index in [0.717, 1.165) is 23.3 Å². The van der Waals surface area contributed by atoms with Crippen molar-refractivity contribution in [2.45, 2.75) is 25.9 Å². The lowest BCUT2D eigenvalue weighted by molar-refractivity contribution is -0.119. The molecule has 0 aliphatic carbocycles. The van der Waals surface area contributed by atoms with E-state index >= 15 is 0 Å². The molecule has 1 heterocycles. The fourth-order valence-corrected chi connectivity index (χ4v) is 3.50. The van der Waals surface area contributed by atoms with Crippen molar-refractivity contribution in [2.24, 2.45) is 5.73 Å². The van der Waals surface area contributed by atoms with Crippen molar-refractivity contribution >= 4 is 29.7 Å². The highest BCUT2D eigenvalue weighted by atomic mass is 35.5. The van der Waals surface area contributed by atoms with Gasteiger partial charge < -0.3 is 11.1 Å². The molecular weight excluding hydrogens is 406 g/mol. The van der Waals surface area contributed by atoms with Crippen molar-refractivity contribution in [2.75, 3.05) is 0 Å². The van der Waals surface area contributed by atoms with Gasteiger partial charge >= 0.3 is 0 Å². The van der Waals surface area contributed by atoms with Crippen molar-refractivity contribution < 1.29 is 13.6 Å². The number of amides is 1. The molecule has 3 rings (SSSR count). The molecule has 0 saturated heterocycles. The molecule has 0 bridgehead atoms. The predicted molar refractivity (Wildman–Crippen MR) is 107 cm³/mol. The minimum Gasteiger partial charge on any atom is -0.347 e. The third-order valence-corrected chi connectivity index (χ3v) is 5.07. The van der Waals surface area contributed by atoms with E-state index in [0.29, 0.717) is 28.5 Å². The van der Waals surface area contributed by atoms with Gasteiger partial charge in [0.25, 0.3) is 0 Å². The second-order valence-corrected chi connectivity index (χ2v) is 7.06. The van der Waals surface area contributed by atoms with Crippen molar-refractivity contribution in [3.8, 4) is 10.6 Å². The summed E-state index contributed by atoms with van der Waals surface area (Å²) >= 11 is 1.23. The number of carbonyl (C=O) groups is 1. The van der Waals surface area contributed by atoms with Crippen LogP contribution in [0, 0.1) is 11.6 Å². The molecule has 3 N–H and O–H groups in total. The monoisotopic (exact) mass is 424 g/mol. The van der Waals surface area contributed by atoms with Crippen LogP contribution in [0.3, 0.4) is 0 Å². The van der Waals surface area contributed by atoms with E-state index in [2.05, 4.69) is 15.5 Å². The molecule has 3 aromatic rings. The zero-order valence-corrected chi connectivity index (χ0v) is 16.6.